The average molecular weight is 463 g/mol. The molecule has 3 heteroatoms. The van der Waals surface area contributed by atoms with Gasteiger partial charge in [-0.1, -0.05) is 33.6 Å². The van der Waals surface area contributed by atoms with Crippen LogP contribution in [0.3, 0.4) is 0 Å². The van der Waals surface area contributed by atoms with E-state index >= 15 is 0 Å². The van der Waals surface area contributed by atoms with Crippen LogP contribution >= 0.6 is 0 Å². The van der Waals surface area contributed by atoms with Crippen LogP contribution in [0.4, 0.5) is 0 Å². The van der Waals surface area contributed by atoms with Gasteiger partial charge in [0.05, 0.1) is 17.3 Å². The molecule has 3 saturated carbocycles. The van der Waals surface area contributed by atoms with Gasteiger partial charge >= 0.3 is 0 Å². The fourth-order valence-corrected chi connectivity index (χ4v) is 8.05. The minimum absolute atomic E-state index is 0.0913. The van der Waals surface area contributed by atoms with E-state index in [0.29, 0.717) is 29.6 Å². The van der Waals surface area contributed by atoms with E-state index in [1.165, 1.54) is 32.1 Å². The lowest BCUT2D eigenvalue weighted by atomic mass is 9.46. The van der Waals surface area contributed by atoms with Crippen LogP contribution < -0.4 is 0 Å². The molecule has 33 heavy (non-hydrogen) atoms. The van der Waals surface area contributed by atoms with Crippen molar-refractivity contribution < 1.29 is 14.3 Å². The molecule has 192 valence electrons. The zero-order valence-corrected chi connectivity index (χ0v) is 23.4. The van der Waals surface area contributed by atoms with Gasteiger partial charge < -0.3 is 9.47 Å². The first kappa shape index (κ1) is 27.2. The Morgan fingerprint density at radius 3 is 2.24 bits per heavy atom. The lowest BCUT2D eigenvalue weighted by Crippen LogP contribution is -2.56. The van der Waals surface area contributed by atoms with Crippen molar-refractivity contribution in [3.05, 3.63) is 0 Å². The topological polar surface area (TPSA) is 35.5 Å². The number of ketones is 1. The number of Topliss-reactive ketones (excluding diaryl/α,β-unsaturated/α-hetero) is 1. The largest absolute Gasteiger partial charge is 0.376 e. The van der Waals surface area contributed by atoms with E-state index in [1.54, 1.807) is 0 Å². The van der Waals surface area contributed by atoms with E-state index < -0.39 is 0 Å². The fraction of sp³-hybridized carbons (Fsp3) is 0.967. The number of rotatable bonds is 8. The number of hydrogen-bond acceptors (Lipinski definition) is 3. The normalized spacial score (nSPS) is 39.4. The Labute approximate surface area is 205 Å². The van der Waals surface area contributed by atoms with Crippen LogP contribution in [0, 0.1) is 34.5 Å². The Kier molecular flexibility index (Phi) is 8.17. The summed E-state index contributed by atoms with van der Waals surface area (Å²) < 4.78 is 12.7. The first-order valence-corrected chi connectivity index (χ1v) is 14.1. The van der Waals surface area contributed by atoms with Crippen LogP contribution in [0.1, 0.15) is 127 Å². The van der Waals surface area contributed by atoms with Crippen molar-refractivity contribution in [3.63, 3.8) is 0 Å². The summed E-state index contributed by atoms with van der Waals surface area (Å²) in [5.41, 5.74) is 0.141. The summed E-state index contributed by atoms with van der Waals surface area (Å²) in [6, 6.07) is 0. The lowest BCUT2D eigenvalue weighted by molar-refractivity contribution is -0.164. The summed E-state index contributed by atoms with van der Waals surface area (Å²) in [5, 5.41) is 0. The molecule has 0 amide bonds. The first-order chi connectivity index (χ1) is 15.2. The molecule has 0 N–H and O–H groups in total. The van der Waals surface area contributed by atoms with Crippen LogP contribution in [0.2, 0.25) is 0 Å². The molecule has 0 aliphatic heterocycles. The molecule has 0 bridgehead atoms. The molecule has 0 aromatic heterocycles. The Balaban J connectivity index is 1.82. The molecule has 0 aromatic carbocycles. The van der Waals surface area contributed by atoms with Gasteiger partial charge in [-0.05, 0) is 115 Å². The third-order valence-electron chi connectivity index (χ3n) is 9.56. The van der Waals surface area contributed by atoms with Crippen LogP contribution in [-0.2, 0) is 14.3 Å². The summed E-state index contributed by atoms with van der Waals surface area (Å²) in [5.74, 6) is 2.63. The van der Waals surface area contributed by atoms with E-state index in [4.69, 9.17) is 9.47 Å². The van der Waals surface area contributed by atoms with Gasteiger partial charge in [-0.3, -0.25) is 4.79 Å². The second-order valence-corrected chi connectivity index (χ2v) is 14.2. The Morgan fingerprint density at radius 1 is 0.939 bits per heavy atom. The van der Waals surface area contributed by atoms with Gasteiger partial charge in [0, 0.05) is 18.9 Å². The molecule has 3 nitrogen and oxygen atoms in total. The van der Waals surface area contributed by atoms with E-state index in [2.05, 4.69) is 62.3 Å². The number of carbonyl (C=O) groups excluding carboxylic acids is 1. The highest BCUT2D eigenvalue weighted by Gasteiger charge is 2.61. The molecular weight excluding hydrogens is 408 g/mol. The number of hydrogen-bond donors (Lipinski definition) is 0. The predicted octanol–water partition coefficient (Wildman–Crippen LogP) is 7.99. The number of fused-ring (bicyclic) bond motifs is 3. The first-order valence-electron chi connectivity index (χ1n) is 14.1. The Hall–Kier alpha value is -0.410. The van der Waals surface area contributed by atoms with E-state index in [9.17, 15) is 4.79 Å². The average Bonchev–Trinajstić information content (AvgIpc) is 2.99. The molecule has 3 aliphatic rings. The third kappa shape index (κ3) is 5.88. The Morgan fingerprint density at radius 2 is 1.64 bits per heavy atom. The maximum atomic E-state index is 13.7. The molecule has 0 radical (unpaired) electrons. The van der Waals surface area contributed by atoms with E-state index in [1.807, 2.05) is 0 Å². The van der Waals surface area contributed by atoms with Crippen molar-refractivity contribution >= 4 is 5.78 Å². The number of unbranched alkanes of at least 4 members (excludes halogenated alkanes) is 1. The van der Waals surface area contributed by atoms with Crippen molar-refractivity contribution in [2.75, 3.05) is 6.61 Å². The molecule has 0 aromatic rings. The molecule has 3 fully saturated rings. The highest BCUT2D eigenvalue weighted by molar-refractivity contribution is 5.83. The van der Waals surface area contributed by atoms with Gasteiger partial charge in [0.15, 0.2) is 0 Å². The lowest BCUT2D eigenvalue weighted by Gasteiger charge is -2.58. The summed E-state index contributed by atoms with van der Waals surface area (Å²) in [7, 11) is 0. The second kappa shape index (κ2) is 9.92. The molecular formula is C30H54O3. The standard InChI is InChI=1S/C30H54O3/c1-10-11-13-24-25(31)20-21-22-14-15-26(33-28(5,6)7)30(22,9)18-16-23(21)29(24,8)17-12-19-32-27(2,3)4/h21-24,26H,10-20H2,1-9H3. The summed E-state index contributed by atoms with van der Waals surface area (Å²) in [6.45, 7) is 21.0. The second-order valence-electron chi connectivity index (χ2n) is 14.2. The van der Waals surface area contributed by atoms with Crippen LogP contribution in [0.5, 0.6) is 0 Å². The van der Waals surface area contributed by atoms with Gasteiger partial charge in [-0.25, -0.2) is 0 Å². The number of carbonyl (C=O) groups is 1. The summed E-state index contributed by atoms with van der Waals surface area (Å²) in [6.07, 6.45) is 11.7. The SMILES string of the molecule is CCCCC1C(=O)CC2C3CCC(OC(C)(C)C)C3(C)CCC2C1(C)CCCOC(C)(C)C. The maximum Gasteiger partial charge on any atom is 0.136 e. The molecule has 7 unspecified atom stereocenters. The Bertz CT molecular complexity index is 671. The van der Waals surface area contributed by atoms with E-state index in [-0.39, 0.29) is 27.9 Å². The molecule has 0 saturated heterocycles. The van der Waals surface area contributed by atoms with Crippen molar-refractivity contribution in [1.82, 2.24) is 0 Å². The smallest absolute Gasteiger partial charge is 0.136 e. The zero-order chi connectivity index (χ0) is 24.7. The predicted molar refractivity (Wildman–Crippen MR) is 137 cm³/mol. The molecule has 0 heterocycles. The third-order valence-corrected chi connectivity index (χ3v) is 9.56. The monoisotopic (exact) mass is 462 g/mol. The minimum atomic E-state index is -0.103. The van der Waals surface area contributed by atoms with Gasteiger partial charge in [-0.15, -0.1) is 0 Å². The quantitative estimate of drug-likeness (QED) is 0.343. The van der Waals surface area contributed by atoms with Crippen LogP contribution in [-0.4, -0.2) is 29.7 Å². The summed E-state index contributed by atoms with van der Waals surface area (Å²) >= 11 is 0. The van der Waals surface area contributed by atoms with Crippen LogP contribution in [0.15, 0.2) is 0 Å². The zero-order valence-electron chi connectivity index (χ0n) is 23.4. The fourth-order valence-electron chi connectivity index (χ4n) is 8.05. The highest BCUT2D eigenvalue weighted by atomic mass is 16.5. The van der Waals surface area contributed by atoms with Crippen molar-refractivity contribution in [3.8, 4) is 0 Å². The maximum absolute atomic E-state index is 13.7. The summed E-state index contributed by atoms with van der Waals surface area (Å²) in [4.78, 5) is 13.7. The highest BCUT2D eigenvalue weighted by Crippen LogP contribution is 2.65. The van der Waals surface area contributed by atoms with Gasteiger partial charge in [0.1, 0.15) is 5.78 Å². The van der Waals surface area contributed by atoms with Gasteiger partial charge in [-0.2, -0.15) is 0 Å². The van der Waals surface area contributed by atoms with E-state index in [0.717, 1.165) is 38.7 Å². The van der Waals surface area contributed by atoms with Crippen LogP contribution in [0.25, 0.3) is 0 Å². The molecule has 3 aliphatic carbocycles. The van der Waals surface area contributed by atoms with Gasteiger partial charge in [0.25, 0.3) is 0 Å². The molecule has 0 spiro atoms. The molecule has 7 atom stereocenters. The minimum Gasteiger partial charge on any atom is -0.376 e. The number of ether oxygens (including phenoxy) is 2. The van der Waals surface area contributed by atoms with Crippen molar-refractivity contribution in [2.24, 2.45) is 34.5 Å². The van der Waals surface area contributed by atoms with Crippen molar-refractivity contribution in [1.29, 1.82) is 0 Å². The van der Waals surface area contributed by atoms with Crippen molar-refractivity contribution in [2.45, 2.75) is 144 Å². The molecule has 3 rings (SSSR count). The van der Waals surface area contributed by atoms with Gasteiger partial charge in [0.2, 0.25) is 0 Å².